The van der Waals surface area contributed by atoms with Crippen molar-refractivity contribution in [2.45, 2.75) is 32.9 Å². The Balaban J connectivity index is 2.91. The van der Waals surface area contributed by atoms with Gasteiger partial charge in [0.25, 0.3) is 6.01 Å². The number of hydrogen-bond acceptors (Lipinski definition) is 4. The summed E-state index contributed by atoms with van der Waals surface area (Å²) in [5, 5.41) is 8.89. The summed E-state index contributed by atoms with van der Waals surface area (Å²) in [4.78, 5) is 16.4. The molecule has 0 radical (unpaired) electrons. The first kappa shape index (κ1) is 10.6. The molecule has 1 N–H and O–H groups in total. The van der Waals surface area contributed by atoms with Crippen molar-refractivity contribution in [3.63, 3.8) is 0 Å². The standard InChI is InChI=1S/C9H14N2O3/c1-6(2)11(7(3)8(12)13)9-10-4-5-14-9/h4-7H,1-3H3,(H,12,13). The Kier molecular flexibility index (Phi) is 3.11. The van der Waals surface area contributed by atoms with Gasteiger partial charge < -0.3 is 14.4 Å². The van der Waals surface area contributed by atoms with E-state index in [4.69, 9.17) is 9.52 Å². The van der Waals surface area contributed by atoms with Crippen LogP contribution in [0.5, 0.6) is 0 Å². The second kappa shape index (κ2) is 4.13. The molecule has 0 amide bonds. The Bertz CT molecular complexity index is 295. The van der Waals surface area contributed by atoms with E-state index < -0.39 is 12.0 Å². The monoisotopic (exact) mass is 198 g/mol. The number of nitrogens with zero attached hydrogens (tertiary/aromatic N) is 2. The summed E-state index contributed by atoms with van der Waals surface area (Å²) in [5.74, 6) is -0.892. The van der Waals surface area contributed by atoms with Crippen LogP contribution < -0.4 is 4.90 Å². The molecule has 0 aliphatic heterocycles. The second-order valence-electron chi connectivity index (χ2n) is 3.33. The number of rotatable bonds is 4. The van der Waals surface area contributed by atoms with Gasteiger partial charge in [-0.25, -0.2) is 9.78 Å². The SMILES string of the molecule is CC(C)N(c1ncco1)C(C)C(=O)O. The molecule has 1 unspecified atom stereocenters. The Morgan fingerprint density at radius 2 is 2.21 bits per heavy atom. The Labute approximate surface area is 82.4 Å². The average Bonchev–Trinajstić information content (AvgIpc) is 2.56. The van der Waals surface area contributed by atoms with Gasteiger partial charge >= 0.3 is 5.97 Å². The third-order valence-corrected chi connectivity index (χ3v) is 1.97. The molecule has 1 atom stereocenters. The van der Waals surface area contributed by atoms with Crippen LogP contribution in [0.3, 0.4) is 0 Å². The van der Waals surface area contributed by atoms with Crippen molar-refractivity contribution in [3.8, 4) is 0 Å². The van der Waals surface area contributed by atoms with Crippen LogP contribution in [0.25, 0.3) is 0 Å². The maximum atomic E-state index is 10.8. The molecule has 1 rings (SSSR count). The van der Waals surface area contributed by atoms with Crippen molar-refractivity contribution in [2.24, 2.45) is 0 Å². The first-order valence-corrected chi connectivity index (χ1v) is 4.44. The largest absolute Gasteiger partial charge is 0.480 e. The molecule has 14 heavy (non-hydrogen) atoms. The van der Waals surface area contributed by atoms with Crippen LogP contribution >= 0.6 is 0 Å². The number of hydrogen-bond donors (Lipinski definition) is 1. The van der Waals surface area contributed by atoms with Crippen LogP contribution in [0, 0.1) is 0 Å². The van der Waals surface area contributed by atoms with Crippen LogP contribution in [0.2, 0.25) is 0 Å². The van der Waals surface area contributed by atoms with E-state index in [1.54, 1.807) is 11.8 Å². The number of carbonyl (C=O) groups is 1. The van der Waals surface area contributed by atoms with Gasteiger partial charge in [-0.2, -0.15) is 0 Å². The van der Waals surface area contributed by atoms with Crippen molar-refractivity contribution in [2.75, 3.05) is 4.90 Å². The molecule has 0 saturated carbocycles. The first-order valence-electron chi connectivity index (χ1n) is 4.44. The highest BCUT2D eigenvalue weighted by Gasteiger charge is 2.26. The highest BCUT2D eigenvalue weighted by atomic mass is 16.4. The van der Waals surface area contributed by atoms with Crippen LogP contribution in [0.1, 0.15) is 20.8 Å². The lowest BCUT2D eigenvalue weighted by atomic mass is 10.2. The van der Waals surface area contributed by atoms with Crippen molar-refractivity contribution in [1.82, 2.24) is 4.98 Å². The molecule has 0 aromatic carbocycles. The van der Waals surface area contributed by atoms with E-state index in [1.165, 1.54) is 12.5 Å². The summed E-state index contributed by atoms with van der Waals surface area (Å²) >= 11 is 0. The third kappa shape index (κ3) is 2.04. The van der Waals surface area contributed by atoms with Gasteiger partial charge in [-0.05, 0) is 20.8 Å². The van der Waals surface area contributed by atoms with Crippen molar-refractivity contribution in [3.05, 3.63) is 12.5 Å². The summed E-state index contributed by atoms with van der Waals surface area (Å²) in [5.41, 5.74) is 0. The van der Waals surface area contributed by atoms with E-state index in [2.05, 4.69) is 4.98 Å². The summed E-state index contributed by atoms with van der Waals surface area (Å²) in [7, 11) is 0. The fourth-order valence-corrected chi connectivity index (χ4v) is 1.30. The molecule has 1 aromatic heterocycles. The number of aromatic nitrogens is 1. The Morgan fingerprint density at radius 3 is 2.57 bits per heavy atom. The second-order valence-corrected chi connectivity index (χ2v) is 3.33. The van der Waals surface area contributed by atoms with Gasteiger partial charge in [0, 0.05) is 6.04 Å². The van der Waals surface area contributed by atoms with Gasteiger partial charge in [0.2, 0.25) is 0 Å². The molecule has 78 valence electrons. The fraction of sp³-hybridized carbons (Fsp3) is 0.556. The molecular formula is C9H14N2O3. The number of carboxylic acids is 1. The quantitative estimate of drug-likeness (QED) is 0.791. The molecule has 0 bridgehead atoms. The fourth-order valence-electron chi connectivity index (χ4n) is 1.30. The van der Waals surface area contributed by atoms with E-state index in [-0.39, 0.29) is 6.04 Å². The number of carboxylic acid groups (broad SMARTS) is 1. The molecule has 0 saturated heterocycles. The Hall–Kier alpha value is -1.52. The van der Waals surface area contributed by atoms with Crippen molar-refractivity contribution in [1.29, 1.82) is 0 Å². The van der Waals surface area contributed by atoms with Crippen LogP contribution in [-0.2, 0) is 4.79 Å². The molecule has 0 fully saturated rings. The maximum Gasteiger partial charge on any atom is 0.326 e. The zero-order valence-electron chi connectivity index (χ0n) is 8.47. The molecule has 0 aliphatic carbocycles. The highest BCUT2D eigenvalue weighted by Crippen LogP contribution is 2.17. The normalized spacial score (nSPS) is 12.9. The van der Waals surface area contributed by atoms with Gasteiger partial charge in [-0.15, -0.1) is 0 Å². The van der Waals surface area contributed by atoms with Crippen LogP contribution in [-0.4, -0.2) is 28.1 Å². The minimum Gasteiger partial charge on any atom is -0.480 e. The van der Waals surface area contributed by atoms with E-state index >= 15 is 0 Å². The topological polar surface area (TPSA) is 66.6 Å². The van der Waals surface area contributed by atoms with Gasteiger partial charge in [0.1, 0.15) is 12.3 Å². The smallest absolute Gasteiger partial charge is 0.326 e. The zero-order valence-corrected chi connectivity index (χ0v) is 8.47. The van der Waals surface area contributed by atoms with Gasteiger partial charge in [0.15, 0.2) is 0 Å². The van der Waals surface area contributed by atoms with Crippen LogP contribution in [0.15, 0.2) is 16.9 Å². The number of aliphatic carboxylic acids is 1. The van der Waals surface area contributed by atoms with Crippen molar-refractivity contribution < 1.29 is 14.3 Å². The van der Waals surface area contributed by atoms with Crippen molar-refractivity contribution >= 4 is 12.0 Å². The highest BCUT2D eigenvalue weighted by molar-refractivity contribution is 5.76. The summed E-state index contributed by atoms with van der Waals surface area (Å²) in [6.45, 7) is 5.39. The first-order chi connectivity index (χ1) is 6.54. The minimum absolute atomic E-state index is 0.0275. The van der Waals surface area contributed by atoms with E-state index in [0.29, 0.717) is 6.01 Å². The lowest BCUT2D eigenvalue weighted by molar-refractivity contribution is -0.138. The zero-order chi connectivity index (χ0) is 10.7. The van der Waals surface area contributed by atoms with Crippen LogP contribution in [0.4, 0.5) is 6.01 Å². The van der Waals surface area contributed by atoms with E-state index in [0.717, 1.165) is 0 Å². The number of oxazole rings is 1. The van der Waals surface area contributed by atoms with E-state index in [1.807, 2.05) is 13.8 Å². The predicted molar refractivity (Wildman–Crippen MR) is 51.2 cm³/mol. The average molecular weight is 198 g/mol. The third-order valence-electron chi connectivity index (χ3n) is 1.97. The van der Waals surface area contributed by atoms with Gasteiger partial charge in [-0.3, -0.25) is 0 Å². The molecule has 0 spiro atoms. The molecule has 5 nitrogen and oxygen atoms in total. The molecular weight excluding hydrogens is 184 g/mol. The summed E-state index contributed by atoms with van der Waals surface area (Å²) < 4.78 is 5.08. The maximum absolute atomic E-state index is 10.8. The molecule has 5 heteroatoms. The van der Waals surface area contributed by atoms with Gasteiger partial charge in [-0.1, -0.05) is 0 Å². The Morgan fingerprint density at radius 1 is 1.57 bits per heavy atom. The molecule has 0 aliphatic rings. The summed E-state index contributed by atoms with van der Waals surface area (Å²) in [6, 6.07) is -0.275. The summed E-state index contributed by atoms with van der Waals surface area (Å²) in [6.07, 6.45) is 2.93. The predicted octanol–water partition coefficient (Wildman–Crippen LogP) is 1.36. The lowest BCUT2D eigenvalue weighted by Crippen LogP contribution is -2.43. The van der Waals surface area contributed by atoms with E-state index in [9.17, 15) is 4.79 Å². The molecule has 1 heterocycles. The number of anilines is 1. The molecule has 1 aromatic rings. The minimum atomic E-state index is -0.892. The lowest BCUT2D eigenvalue weighted by Gasteiger charge is -2.28. The van der Waals surface area contributed by atoms with Gasteiger partial charge in [0.05, 0.1) is 6.20 Å².